The van der Waals surface area contributed by atoms with Crippen LogP contribution in [0.4, 0.5) is 0 Å². The molecule has 0 atom stereocenters. The number of carbonyl (C=O) groups is 1. The molecule has 1 aromatic heterocycles. The molecule has 1 N–H and O–H groups in total. The second-order valence-electron chi connectivity index (χ2n) is 3.88. The molecule has 0 saturated heterocycles. The molecular formula is C11H18N2OS. The number of carbonyl (C=O) groups excluding carboxylic acids is 1. The van der Waals surface area contributed by atoms with E-state index in [0.717, 1.165) is 28.5 Å². The third kappa shape index (κ3) is 3.02. The van der Waals surface area contributed by atoms with Crippen LogP contribution in [0.5, 0.6) is 0 Å². The third-order valence-electron chi connectivity index (χ3n) is 2.05. The van der Waals surface area contributed by atoms with Crippen molar-refractivity contribution in [1.29, 1.82) is 0 Å². The van der Waals surface area contributed by atoms with Crippen LogP contribution in [0.15, 0.2) is 0 Å². The number of amides is 1. The van der Waals surface area contributed by atoms with Crippen molar-refractivity contribution in [2.75, 3.05) is 6.54 Å². The zero-order valence-corrected chi connectivity index (χ0v) is 10.6. The predicted octanol–water partition coefficient (Wildman–Crippen LogP) is 2.71. The zero-order chi connectivity index (χ0) is 11.4. The van der Waals surface area contributed by atoms with E-state index in [4.69, 9.17) is 0 Å². The minimum absolute atomic E-state index is 0.0127. The topological polar surface area (TPSA) is 42.0 Å². The quantitative estimate of drug-likeness (QED) is 0.857. The Labute approximate surface area is 94.9 Å². The van der Waals surface area contributed by atoms with Gasteiger partial charge < -0.3 is 5.32 Å². The number of rotatable bonds is 4. The average molecular weight is 226 g/mol. The molecule has 0 bridgehead atoms. The predicted molar refractivity (Wildman–Crippen MR) is 63.6 cm³/mol. The molecule has 15 heavy (non-hydrogen) atoms. The monoisotopic (exact) mass is 226 g/mol. The van der Waals surface area contributed by atoms with Crippen LogP contribution in [0.2, 0.25) is 0 Å². The summed E-state index contributed by atoms with van der Waals surface area (Å²) in [6.45, 7) is 8.84. The molecule has 1 amide bonds. The fourth-order valence-corrected chi connectivity index (χ4v) is 2.18. The summed E-state index contributed by atoms with van der Waals surface area (Å²) in [5, 5.41) is 3.91. The highest BCUT2D eigenvalue weighted by atomic mass is 32.1. The van der Waals surface area contributed by atoms with Gasteiger partial charge in [-0.1, -0.05) is 20.8 Å². The maximum absolute atomic E-state index is 11.7. The summed E-state index contributed by atoms with van der Waals surface area (Å²) in [4.78, 5) is 16.9. The summed E-state index contributed by atoms with van der Waals surface area (Å²) in [5.41, 5.74) is 0.845. The molecule has 0 fully saturated rings. The van der Waals surface area contributed by atoms with Gasteiger partial charge in [-0.3, -0.25) is 4.79 Å². The van der Waals surface area contributed by atoms with Gasteiger partial charge in [-0.05, 0) is 13.3 Å². The van der Waals surface area contributed by atoms with Gasteiger partial charge >= 0.3 is 0 Å². The van der Waals surface area contributed by atoms with Gasteiger partial charge in [-0.25, -0.2) is 4.98 Å². The van der Waals surface area contributed by atoms with Gasteiger partial charge in [0.05, 0.1) is 10.7 Å². The molecule has 0 spiro atoms. The fourth-order valence-electron chi connectivity index (χ4n) is 1.19. The van der Waals surface area contributed by atoms with E-state index in [2.05, 4.69) is 24.1 Å². The van der Waals surface area contributed by atoms with Crippen molar-refractivity contribution in [1.82, 2.24) is 10.3 Å². The van der Waals surface area contributed by atoms with Crippen molar-refractivity contribution < 1.29 is 4.79 Å². The highest BCUT2D eigenvalue weighted by Gasteiger charge is 2.15. The highest BCUT2D eigenvalue weighted by Crippen LogP contribution is 2.24. The molecule has 4 heteroatoms. The summed E-state index contributed by atoms with van der Waals surface area (Å²) in [7, 11) is 0. The number of aryl methyl sites for hydroxylation is 1. The number of hydrogen-bond acceptors (Lipinski definition) is 3. The van der Waals surface area contributed by atoms with Crippen LogP contribution in [0, 0.1) is 6.92 Å². The first-order valence-corrected chi connectivity index (χ1v) is 6.13. The smallest absolute Gasteiger partial charge is 0.263 e. The van der Waals surface area contributed by atoms with E-state index in [1.807, 2.05) is 13.8 Å². The van der Waals surface area contributed by atoms with E-state index in [0.29, 0.717) is 5.92 Å². The van der Waals surface area contributed by atoms with Gasteiger partial charge in [0.1, 0.15) is 4.88 Å². The third-order valence-corrected chi connectivity index (χ3v) is 3.51. The number of aromatic nitrogens is 1. The van der Waals surface area contributed by atoms with E-state index in [-0.39, 0.29) is 5.91 Å². The minimum atomic E-state index is 0.0127. The second kappa shape index (κ2) is 5.26. The van der Waals surface area contributed by atoms with Crippen LogP contribution in [-0.2, 0) is 0 Å². The van der Waals surface area contributed by atoms with E-state index in [9.17, 15) is 4.79 Å². The number of nitrogens with one attached hydrogen (secondary N) is 1. The van der Waals surface area contributed by atoms with Gasteiger partial charge in [0, 0.05) is 12.5 Å². The van der Waals surface area contributed by atoms with Gasteiger partial charge in [0.15, 0.2) is 0 Å². The number of hydrogen-bond donors (Lipinski definition) is 1. The van der Waals surface area contributed by atoms with Crippen molar-refractivity contribution in [2.24, 2.45) is 0 Å². The first-order chi connectivity index (χ1) is 7.06. The normalized spacial score (nSPS) is 10.7. The number of thiazole rings is 1. The summed E-state index contributed by atoms with van der Waals surface area (Å²) < 4.78 is 0. The van der Waals surface area contributed by atoms with Crippen molar-refractivity contribution in [3.05, 3.63) is 15.6 Å². The Morgan fingerprint density at radius 3 is 2.67 bits per heavy atom. The molecule has 0 radical (unpaired) electrons. The Balaban J connectivity index is 2.80. The minimum Gasteiger partial charge on any atom is -0.351 e. The molecule has 3 nitrogen and oxygen atoms in total. The fraction of sp³-hybridized carbons (Fsp3) is 0.636. The molecule has 84 valence electrons. The lowest BCUT2D eigenvalue weighted by molar-refractivity contribution is 0.0957. The molecule has 0 aliphatic carbocycles. The molecule has 0 saturated carbocycles. The van der Waals surface area contributed by atoms with Crippen molar-refractivity contribution >= 4 is 17.2 Å². The first kappa shape index (κ1) is 12.2. The van der Waals surface area contributed by atoms with Crippen LogP contribution < -0.4 is 5.32 Å². The Bertz CT molecular complexity index is 344. The molecule has 0 aliphatic rings. The van der Waals surface area contributed by atoms with E-state index in [1.54, 1.807) is 0 Å². The van der Waals surface area contributed by atoms with E-state index < -0.39 is 0 Å². The molecule has 1 rings (SSSR count). The Hall–Kier alpha value is -0.900. The molecule has 1 aromatic rings. The molecule has 0 unspecified atom stereocenters. The Morgan fingerprint density at radius 1 is 1.53 bits per heavy atom. The van der Waals surface area contributed by atoms with E-state index >= 15 is 0 Å². The van der Waals surface area contributed by atoms with Crippen molar-refractivity contribution in [3.8, 4) is 0 Å². The van der Waals surface area contributed by atoms with Gasteiger partial charge in [-0.15, -0.1) is 11.3 Å². The highest BCUT2D eigenvalue weighted by molar-refractivity contribution is 7.13. The molecular weight excluding hydrogens is 208 g/mol. The standard InChI is InChI=1S/C11H18N2OS/c1-5-6-12-10(14)9-8(4)13-11(15-9)7(2)3/h7H,5-6H2,1-4H3,(H,12,14). The maximum atomic E-state index is 11.7. The van der Waals surface area contributed by atoms with E-state index in [1.165, 1.54) is 11.3 Å². The van der Waals surface area contributed by atoms with Crippen LogP contribution in [0.25, 0.3) is 0 Å². The van der Waals surface area contributed by atoms with Crippen LogP contribution >= 0.6 is 11.3 Å². The van der Waals surface area contributed by atoms with Crippen molar-refractivity contribution in [3.63, 3.8) is 0 Å². The van der Waals surface area contributed by atoms with Gasteiger partial charge in [-0.2, -0.15) is 0 Å². The van der Waals surface area contributed by atoms with Crippen molar-refractivity contribution in [2.45, 2.75) is 40.0 Å². The molecule has 0 aliphatic heterocycles. The lowest BCUT2D eigenvalue weighted by atomic mass is 10.2. The van der Waals surface area contributed by atoms with Crippen LogP contribution in [-0.4, -0.2) is 17.4 Å². The summed E-state index contributed by atoms with van der Waals surface area (Å²) >= 11 is 1.50. The Morgan fingerprint density at radius 2 is 2.20 bits per heavy atom. The lowest BCUT2D eigenvalue weighted by Gasteiger charge is -2.00. The molecule has 0 aromatic carbocycles. The van der Waals surface area contributed by atoms with Crippen LogP contribution in [0.1, 0.15) is 53.5 Å². The SMILES string of the molecule is CCCNC(=O)c1sc(C(C)C)nc1C. The number of nitrogens with zero attached hydrogens (tertiary/aromatic N) is 1. The van der Waals surface area contributed by atoms with Gasteiger partial charge in [0.25, 0.3) is 5.91 Å². The average Bonchev–Trinajstić information content (AvgIpc) is 2.57. The second-order valence-corrected chi connectivity index (χ2v) is 4.91. The lowest BCUT2D eigenvalue weighted by Crippen LogP contribution is -2.23. The van der Waals surface area contributed by atoms with Gasteiger partial charge in [0.2, 0.25) is 0 Å². The maximum Gasteiger partial charge on any atom is 0.263 e. The zero-order valence-electron chi connectivity index (χ0n) is 9.76. The van der Waals surface area contributed by atoms with Crippen LogP contribution in [0.3, 0.4) is 0 Å². The summed E-state index contributed by atoms with van der Waals surface area (Å²) in [5.74, 6) is 0.403. The molecule has 1 heterocycles. The largest absolute Gasteiger partial charge is 0.351 e. The summed E-state index contributed by atoms with van der Waals surface area (Å²) in [6, 6.07) is 0. The summed E-state index contributed by atoms with van der Waals surface area (Å²) in [6.07, 6.45) is 0.959. The Kier molecular flexibility index (Phi) is 4.27. The first-order valence-electron chi connectivity index (χ1n) is 5.31.